The molecule has 5 heteroatoms. The third-order valence-electron chi connectivity index (χ3n) is 3.08. The lowest BCUT2D eigenvalue weighted by Gasteiger charge is -2.12. The zero-order valence-electron chi connectivity index (χ0n) is 10.3. The number of hydrogen-bond donors (Lipinski definition) is 0. The van der Waals surface area contributed by atoms with Gasteiger partial charge in [0, 0.05) is 12.4 Å². The number of benzene rings is 1. The van der Waals surface area contributed by atoms with Crippen LogP contribution in [0.4, 0.5) is 0 Å². The molecule has 0 amide bonds. The van der Waals surface area contributed by atoms with E-state index in [2.05, 4.69) is 16.0 Å². The molecule has 5 nitrogen and oxygen atoms in total. The van der Waals surface area contributed by atoms with Crippen molar-refractivity contribution in [2.24, 2.45) is 0 Å². The van der Waals surface area contributed by atoms with Gasteiger partial charge in [0.1, 0.15) is 5.92 Å². The average molecular weight is 253 g/mol. The van der Waals surface area contributed by atoms with E-state index in [0.29, 0.717) is 11.4 Å². The zero-order valence-corrected chi connectivity index (χ0v) is 10.3. The summed E-state index contributed by atoms with van der Waals surface area (Å²) in [5.41, 5.74) is 2.47. The van der Waals surface area contributed by atoms with Crippen molar-refractivity contribution in [3.63, 3.8) is 0 Å². The van der Waals surface area contributed by atoms with Gasteiger partial charge in [0.2, 0.25) is 6.79 Å². The van der Waals surface area contributed by atoms with Crippen molar-refractivity contribution in [3.05, 3.63) is 47.5 Å². The van der Waals surface area contributed by atoms with Gasteiger partial charge in [-0.3, -0.25) is 9.97 Å². The average Bonchev–Trinajstić information content (AvgIpc) is 2.88. The van der Waals surface area contributed by atoms with Gasteiger partial charge in [0.05, 0.1) is 18.0 Å². The summed E-state index contributed by atoms with van der Waals surface area (Å²) < 4.78 is 10.7. The fourth-order valence-corrected chi connectivity index (χ4v) is 2.13. The molecule has 0 N–H and O–H groups in total. The SMILES string of the molecule is Cc1cc2c(cc1C(C#N)c1cnccn1)OCO2. The second-order valence-corrected chi connectivity index (χ2v) is 4.25. The van der Waals surface area contributed by atoms with Gasteiger partial charge in [-0.15, -0.1) is 0 Å². The van der Waals surface area contributed by atoms with Crippen molar-refractivity contribution in [3.8, 4) is 17.6 Å². The van der Waals surface area contributed by atoms with Crippen molar-refractivity contribution in [1.29, 1.82) is 5.26 Å². The lowest BCUT2D eigenvalue weighted by molar-refractivity contribution is 0.174. The predicted molar refractivity (Wildman–Crippen MR) is 66.8 cm³/mol. The monoisotopic (exact) mass is 253 g/mol. The molecular weight excluding hydrogens is 242 g/mol. The molecule has 0 bridgehead atoms. The number of nitrogens with zero attached hydrogens (tertiary/aromatic N) is 3. The van der Waals surface area contributed by atoms with E-state index in [1.165, 1.54) is 0 Å². The summed E-state index contributed by atoms with van der Waals surface area (Å²) >= 11 is 0. The van der Waals surface area contributed by atoms with Crippen molar-refractivity contribution in [2.75, 3.05) is 6.79 Å². The quantitative estimate of drug-likeness (QED) is 0.820. The second kappa shape index (κ2) is 4.58. The number of aromatic nitrogens is 2. The van der Waals surface area contributed by atoms with Crippen LogP contribution in [0.2, 0.25) is 0 Å². The molecule has 0 saturated carbocycles. The minimum atomic E-state index is -0.455. The second-order valence-electron chi connectivity index (χ2n) is 4.25. The van der Waals surface area contributed by atoms with E-state index in [0.717, 1.165) is 16.9 Å². The smallest absolute Gasteiger partial charge is 0.231 e. The van der Waals surface area contributed by atoms with Crippen LogP contribution in [-0.4, -0.2) is 16.8 Å². The Labute approximate surface area is 110 Å². The number of aryl methyl sites for hydroxylation is 1. The zero-order chi connectivity index (χ0) is 13.2. The van der Waals surface area contributed by atoms with Crippen LogP contribution in [0.3, 0.4) is 0 Å². The van der Waals surface area contributed by atoms with Crippen LogP contribution in [0.5, 0.6) is 11.5 Å². The molecule has 2 aromatic rings. The van der Waals surface area contributed by atoms with Crippen LogP contribution in [0.1, 0.15) is 22.7 Å². The normalized spacial score (nSPS) is 13.9. The molecule has 3 rings (SSSR count). The van der Waals surface area contributed by atoms with Gasteiger partial charge in [-0.25, -0.2) is 0 Å². The lowest BCUT2D eigenvalue weighted by Crippen LogP contribution is -2.03. The maximum atomic E-state index is 9.42. The third kappa shape index (κ3) is 1.97. The largest absolute Gasteiger partial charge is 0.454 e. The first-order chi connectivity index (χ1) is 9.29. The molecule has 0 aliphatic carbocycles. The highest BCUT2D eigenvalue weighted by Crippen LogP contribution is 2.38. The van der Waals surface area contributed by atoms with Gasteiger partial charge < -0.3 is 9.47 Å². The molecule has 0 radical (unpaired) electrons. The van der Waals surface area contributed by atoms with E-state index in [-0.39, 0.29) is 6.79 Å². The molecule has 94 valence electrons. The summed E-state index contributed by atoms with van der Waals surface area (Å²) in [5.74, 6) is 0.935. The Morgan fingerprint density at radius 2 is 2.05 bits per heavy atom. The highest BCUT2D eigenvalue weighted by atomic mass is 16.7. The van der Waals surface area contributed by atoms with Gasteiger partial charge in [0.15, 0.2) is 11.5 Å². The first-order valence-corrected chi connectivity index (χ1v) is 5.85. The third-order valence-corrected chi connectivity index (χ3v) is 3.08. The summed E-state index contributed by atoms with van der Waals surface area (Å²) in [6.45, 7) is 2.17. The van der Waals surface area contributed by atoms with E-state index in [9.17, 15) is 5.26 Å². The van der Waals surface area contributed by atoms with Gasteiger partial charge in [-0.05, 0) is 30.2 Å². The predicted octanol–water partition coefficient (Wildman–Crippen LogP) is 2.17. The summed E-state index contributed by atoms with van der Waals surface area (Å²) in [5, 5.41) is 9.42. The fraction of sp³-hybridized carbons (Fsp3) is 0.214. The maximum absolute atomic E-state index is 9.42. The molecule has 1 unspecified atom stereocenters. The van der Waals surface area contributed by atoms with Gasteiger partial charge in [-0.2, -0.15) is 5.26 Å². The Morgan fingerprint density at radius 3 is 2.74 bits per heavy atom. The van der Waals surface area contributed by atoms with Crippen molar-refractivity contribution < 1.29 is 9.47 Å². The summed E-state index contributed by atoms with van der Waals surface area (Å²) in [4.78, 5) is 8.22. The number of rotatable bonds is 2. The molecule has 1 aromatic carbocycles. The molecule has 0 saturated heterocycles. The van der Waals surface area contributed by atoms with Crippen LogP contribution in [0.25, 0.3) is 0 Å². The Morgan fingerprint density at radius 1 is 1.26 bits per heavy atom. The van der Waals surface area contributed by atoms with Crippen LogP contribution in [-0.2, 0) is 0 Å². The number of ether oxygens (including phenoxy) is 2. The van der Waals surface area contributed by atoms with E-state index >= 15 is 0 Å². The summed E-state index contributed by atoms with van der Waals surface area (Å²) in [6.07, 6.45) is 4.78. The van der Waals surface area contributed by atoms with Crippen molar-refractivity contribution >= 4 is 0 Å². The Balaban J connectivity index is 2.08. The van der Waals surface area contributed by atoms with E-state index in [1.54, 1.807) is 18.6 Å². The molecule has 2 heterocycles. The highest BCUT2D eigenvalue weighted by Gasteiger charge is 2.22. The molecule has 19 heavy (non-hydrogen) atoms. The van der Waals surface area contributed by atoms with Crippen LogP contribution >= 0.6 is 0 Å². The summed E-state index contributed by atoms with van der Waals surface area (Å²) in [6, 6.07) is 6.00. The van der Waals surface area contributed by atoms with E-state index in [4.69, 9.17) is 9.47 Å². The van der Waals surface area contributed by atoms with E-state index in [1.807, 2.05) is 19.1 Å². The molecule has 1 aliphatic rings. The number of hydrogen-bond acceptors (Lipinski definition) is 5. The fourth-order valence-electron chi connectivity index (χ4n) is 2.13. The Kier molecular flexibility index (Phi) is 2.76. The first kappa shape index (κ1) is 11.5. The Hall–Kier alpha value is -2.61. The lowest BCUT2D eigenvalue weighted by atomic mass is 9.93. The molecular formula is C14H11N3O2. The maximum Gasteiger partial charge on any atom is 0.231 e. The van der Waals surface area contributed by atoms with Crippen LogP contribution in [0.15, 0.2) is 30.7 Å². The minimum Gasteiger partial charge on any atom is -0.454 e. The standard InChI is InChI=1S/C14H11N3O2/c1-9-4-13-14(19-8-18-13)5-10(9)11(6-15)12-7-16-2-3-17-12/h2-5,7,11H,8H2,1H3. The minimum absolute atomic E-state index is 0.223. The van der Waals surface area contributed by atoms with Gasteiger partial charge >= 0.3 is 0 Å². The van der Waals surface area contributed by atoms with Gasteiger partial charge in [0.25, 0.3) is 0 Å². The summed E-state index contributed by atoms with van der Waals surface area (Å²) in [7, 11) is 0. The van der Waals surface area contributed by atoms with Crippen LogP contribution < -0.4 is 9.47 Å². The van der Waals surface area contributed by atoms with Gasteiger partial charge in [-0.1, -0.05) is 0 Å². The molecule has 0 spiro atoms. The number of nitriles is 1. The molecule has 1 aromatic heterocycles. The van der Waals surface area contributed by atoms with Crippen molar-refractivity contribution in [1.82, 2.24) is 9.97 Å². The first-order valence-electron chi connectivity index (χ1n) is 5.85. The molecule has 0 fully saturated rings. The molecule has 1 atom stereocenters. The van der Waals surface area contributed by atoms with Crippen molar-refractivity contribution in [2.45, 2.75) is 12.8 Å². The topological polar surface area (TPSA) is 68.0 Å². The Bertz CT molecular complexity index is 650. The highest BCUT2D eigenvalue weighted by molar-refractivity contribution is 5.52. The number of fused-ring (bicyclic) bond motifs is 1. The molecule has 1 aliphatic heterocycles. The van der Waals surface area contributed by atoms with E-state index < -0.39 is 5.92 Å². The van der Waals surface area contributed by atoms with Crippen LogP contribution in [0, 0.1) is 18.3 Å².